The Kier molecular flexibility index (Phi) is 7.57. The fourth-order valence-corrected chi connectivity index (χ4v) is 4.86. The maximum absolute atomic E-state index is 14.4. The summed E-state index contributed by atoms with van der Waals surface area (Å²) in [5.74, 6) is 0.477. The molecule has 1 N–H and O–H groups in total. The number of thioether (sulfide) groups is 1. The predicted molar refractivity (Wildman–Crippen MR) is 136 cm³/mol. The molecule has 0 aliphatic heterocycles. The summed E-state index contributed by atoms with van der Waals surface area (Å²) in [4.78, 5) is 22.1. The highest BCUT2D eigenvalue weighted by atomic mass is 35.5. The Bertz CT molecular complexity index is 1370. The Morgan fingerprint density at radius 2 is 1.94 bits per heavy atom. The van der Waals surface area contributed by atoms with Crippen LogP contribution in [0.5, 0.6) is 5.75 Å². The van der Waals surface area contributed by atoms with Gasteiger partial charge < -0.3 is 10.1 Å². The van der Waals surface area contributed by atoms with Crippen LogP contribution in [-0.4, -0.2) is 37.8 Å². The maximum atomic E-state index is 14.4. The largest absolute Gasteiger partial charge is 0.495 e. The number of amides is 1. The third-order valence-corrected chi connectivity index (χ3v) is 7.29. The number of halogens is 2. The van der Waals surface area contributed by atoms with E-state index < -0.39 is 5.25 Å². The minimum Gasteiger partial charge on any atom is -0.495 e. The Labute approximate surface area is 212 Å². The van der Waals surface area contributed by atoms with Crippen LogP contribution in [0.3, 0.4) is 0 Å². The highest BCUT2D eigenvalue weighted by Gasteiger charge is 2.23. The van der Waals surface area contributed by atoms with Gasteiger partial charge in [0.2, 0.25) is 11.1 Å². The molecule has 0 radical (unpaired) electrons. The van der Waals surface area contributed by atoms with Crippen molar-refractivity contribution >= 4 is 40.7 Å². The van der Waals surface area contributed by atoms with Gasteiger partial charge in [-0.2, -0.15) is 4.98 Å². The average Bonchev–Trinajstić information content (AvgIpc) is 3.24. The van der Waals surface area contributed by atoms with Crippen LogP contribution in [0.4, 0.5) is 10.1 Å². The van der Waals surface area contributed by atoms with Crippen LogP contribution in [0, 0.1) is 19.7 Å². The number of hydrogen-bond acceptors (Lipinski definition) is 6. The third-order valence-electron chi connectivity index (χ3n) is 5.72. The van der Waals surface area contributed by atoms with E-state index in [2.05, 4.69) is 20.4 Å². The molecular formula is C25H25ClFN5O2S. The molecule has 35 heavy (non-hydrogen) atoms. The number of carbonyl (C=O) groups excluding carboxylic acids is 1. The van der Waals surface area contributed by atoms with Gasteiger partial charge in [0.1, 0.15) is 11.6 Å². The second kappa shape index (κ2) is 10.6. The number of rotatable bonds is 8. The van der Waals surface area contributed by atoms with E-state index in [-0.39, 0.29) is 18.1 Å². The molecule has 0 spiro atoms. The van der Waals surface area contributed by atoms with E-state index >= 15 is 0 Å². The molecule has 182 valence electrons. The summed E-state index contributed by atoms with van der Waals surface area (Å²) in [6.45, 7) is 5.67. The standard InChI is InChI=1S/C25H25ClFN5O2S/c1-5-22(23(33)29-20-11-6-7-12-21(20)34-4)35-25-30-24-28-14(2)16(15(3)32(24)31-25)13-17-18(26)9-8-10-19(17)27/h6-12,22H,5,13H2,1-4H3,(H,29,33)/t22-/m0/s1. The summed E-state index contributed by atoms with van der Waals surface area (Å²) in [6, 6.07) is 11.9. The molecule has 0 fully saturated rings. The second-order valence-electron chi connectivity index (χ2n) is 7.95. The number of benzene rings is 2. The maximum Gasteiger partial charge on any atom is 0.253 e. The van der Waals surface area contributed by atoms with Crippen LogP contribution in [0.25, 0.3) is 5.78 Å². The summed E-state index contributed by atoms with van der Waals surface area (Å²) in [5, 5.41) is 7.89. The van der Waals surface area contributed by atoms with Crippen LogP contribution in [0.2, 0.25) is 5.02 Å². The van der Waals surface area contributed by atoms with Crippen LogP contribution in [-0.2, 0) is 11.2 Å². The number of methoxy groups -OCH3 is 1. The summed E-state index contributed by atoms with van der Waals surface area (Å²) in [6.07, 6.45) is 0.858. The van der Waals surface area contributed by atoms with Gasteiger partial charge in [-0.15, -0.1) is 5.10 Å². The number of fused-ring (bicyclic) bond motifs is 1. The van der Waals surface area contributed by atoms with Crippen molar-refractivity contribution in [1.82, 2.24) is 19.6 Å². The average molecular weight is 514 g/mol. The van der Waals surface area contributed by atoms with Gasteiger partial charge in [0.25, 0.3) is 5.78 Å². The molecule has 0 saturated heterocycles. The lowest BCUT2D eigenvalue weighted by molar-refractivity contribution is -0.115. The molecule has 10 heteroatoms. The van der Waals surface area contributed by atoms with Crippen LogP contribution in [0.15, 0.2) is 47.6 Å². The first-order chi connectivity index (χ1) is 16.8. The molecule has 1 atom stereocenters. The summed E-state index contributed by atoms with van der Waals surface area (Å²) >= 11 is 7.51. The first kappa shape index (κ1) is 24.9. The van der Waals surface area contributed by atoms with Crippen LogP contribution in [0.1, 0.15) is 35.9 Å². The van der Waals surface area contributed by atoms with Gasteiger partial charge in [-0.05, 0) is 50.1 Å². The highest BCUT2D eigenvalue weighted by molar-refractivity contribution is 8.00. The van der Waals surface area contributed by atoms with E-state index in [4.69, 9.17) is 16.3 Å². The fraction of sp³-hybridized carbons (Fsp3) is 0.280. The lowest BCUT2D eigenvalue weighted by atomic mass is 10.0. The highest BCUT2D eigenvalue weighted by Crippen LogP contribution is 2.29. The molecule has 4 rings (SSSR count). The second-order valence-corrected chi connectivity index (χ2v) is 9.53. The monoisotopic (exact) mass is 513 g/mol. The minimum atomic E-state index is -0.421. The number of nitrogens with one attached hydrogen (secondary N) is 1. The van der Waals surface area contributed by atoms with E-state index in [1.54, 1.807) is 35.9 Å². The molecule has 2 aromatic heterocycles. The molecule has 4 aromatic rings. The lowest BCUT2D eigenvalue weighted by Crippen LogP contribution is -2.25. The zero-order valence-electron chi connectivity index (χ0n) is 19.8. The zero-order valence-corrected chi connectivity index (χ0v) is 21.4. The van der Waals surface area contributed by atoms with E-state index in [1.165, 1.54) is 17.8 Å². The zero-order chi connectivity index (χ0) is 25.1. The van der Waals surface area contributed by atoms with E-state index in [1.807, 2.05) is 32.9 Å². The van der Waals surface area contributed by atoms with Crippen molar-refractivity contribution in [3.8, 4) is 5.75 Å². The summed E-state index contributed by atoms with van der Waals surface area (Å²) in [7, 11) is 1.56. The predicted octanol–water partition coefficient (Wildman–Crippen LogP) is 5.64. The van der Waals surface area contributed by atoms with Gasteiger partial charge in [0, 0.05) is 28.4 Å². The van der Waals surface area contributed by atoms with Crippen molar-refractivity contribution in [2.24, 2.45) is 0 Å². The SMILES string of the molecule is CC[C@H](Sc1nc2nc(C)c(Cc3c(F)cccc3Cl)c(C)n2n1)C(=O)Nc1ccccc1OC. The number of anilines is 1. The topological polar surface area (TPSA) is 81.4 Å². The van der Waals surface area contributed by atoms with E-state index in [0.717, 1.165) is 17.0 Å². The Morgan fingerprint density at radius 1 is 1.17 bits per heavy atom. The molecule has 2 aromatic carbocycles. The molecule has 0 saturated carbocycles. The van der Waals surface area contributed by atoms with Crippen molar-refractivity contribution < 1.29 is 13.9 Å². The number of carbonyl (C=O) groups is 1. The van der Waals surface area contributed by atoms with Crippen molar-refractivity contribution in [2.45, 2.75) is 44.0 Å². The third kappa shape index (κ3) is 5.26. The van der Waals surface area contributed by atoms with Crippen molar-refractivity contribution in [3.63, 3.8) is 0 Å². The van der Waals surface area contributed by atoms with Gasteiger partial charge in [-0.25, -0.2) is 13.9 Å². The number of ether oxygens (including phenoxy) is 1. The molecule has 0 bridgehead atoms. The van der Waals surface area contributed by atoms with Gasteiger partial charge in [0.15, 0.2) is 0 Å². The van der Waals surface area contributed by atoms with Gasteiger partial charge in [0.05, 0.1) is 18.0 Å². The number of hydrogen-bond donors (Lipinski definition) is 1. The molecule has 1 amide bonds. The smallest absolute Gasteiger partial charge is 0.253 e. The van der Waals surface area contributed by atoms with Crippen molar-refractivity contribution in [3.05, 3.63) is 75.8 Å². The first-order valence-corrected chi connectivity index (χ1v) is 12.3. The normalized spacial score (nSPS) is 12.1. The summed E-state index contributed by atoms with van der Waals surface area (Å²) in [5.41, 5.74) is 3.35. The van der Waals surface area contributed by atoms with Crippen LogP contribution >= 0.6 is 23.4 Å². The molecule has 0 unspecified atom stereocenters. The molecule has 0 aliphatic carbocycles. The number of para-hydroxylation sites is 2. The number of aryl methyl sites for hydroxylation is 2. The van der Waals surface area contributed by atoms with Crippen molar-refractivity contribution in [1.29, 1.82) is 0 Å². The molecule has 7 nitrogen and oxygen atoms in total. The van der Waals surface area contributed by atoms with Gasteiger partial charge >= 0.3 is 0 Å². The molecular weight excluding hydrogens is 489 g/mol. The lowest BCUT2D eigenvalue weighted by Gasteiger charge is -2.14. The van der Waals surface area contributed by atoms with E-state index in [0.29, 0.717) is 39.4 Å². The Hall–Kier alpha value is -3.17. The fourth-order valence-electron chi connectivity index (χ4n) is 3.78. The minimum absolute atomic E-state index is 0.170. The van der Waals surface area contributed by atoms with Gasteiger partial charge in [-0.3, -0.25) is 4.79 Å². The summed E-state index contributed by atoms with van der Waals surface area (Å²) < 4.78 is 21.3. The number of aromatic nitrogens is 4. The molecule has 2 heterocycles. The quantitative estimate of drug-likeness (QED) is 0.307. The molecule has 0 aliphatic rings. The first-order valence-electron chi connectivity index (χ1n) is 11.1. The Balaban J connectivity index is 1.59. The van der Waals surface area contributed by atoms with Crippen LogP contribution < -0.4 is 10.1 Å². The Morgan fingerprint density at radius 3 is 2.66 bits per heavy atom. The van der Waals surface area contributed by atoms with Crippen molar-refractivity contribution in [2.75, 3.05) is 12.4 Å². The van der Waals surface area contributed by atoms with Gasteiger partial charge in [-0.1, -0.05) is 48.5 Å². The number of nitrogens with zero attached hydrogens (tertiary/aromatic N) is 4. The van der Waals surface area contributed by atoms with E-state index in [9.17, 15) is 9.18 Å².